The molecule has 2 fully saturated rings. The third-order valence-electron chi connectivity index (χ3n) is 7.24. The zero-order valence-electron chi connectivity index (χ0n) is 21.2. The molecule has 0 bridgehead atoms. The highest BCUT2D eigenvalue weighted by Gasteiger charge is 2.46. The van der Waals surface area contributed by atoms with E-state index in [2.05, 4.69) is 15.0 Å². The fourth-order valence-electron chi connectivity index (χ4n) is 4.99. The fraction of sp³-hybridized carbons (Fsp3) is 0.333. The highest BCUT2D eigenvalue weighted by molar-refractivity contribution is 7.89. The maximum absolute atomic E-state index is 14.0. The smallest absolute Gasteiger partial charge is 0.272 e. The van der Waals surface area contributed by atoms with Crippen LogP contribution in [0.2, 0.25) is 0 Å². The van der Waals surface area contributed by atoms with Gasteiger partial charge in [0, 0.05) is 31.1 Å². The van der Waals surface area contributed by atoms with Crippen molar-refractivity contribution >= 4 is 27.5 Å². The highest BCUT2D eigenvalue weighted by atomic mass is 32.2. The molecular formula is C27H24F2N6O4S. The molecule has 0 unspecified atom stereocenters. The summed E-state index contributed by atoms with van der Waals surface area (Å²) in [5.74, 6) is -4.38. The number of benzene rings is 1. The topological polar surface area (TPSA) is 137 Å². The Bertz CT molecular complexity index is 1590. The molecule has 0 spiro atoms. The number of hydrogen-bond acceptors (Lipinski definition) is 8. The molecule has 10 nitrogen and oxygen atoms in total. The van der Waals surface area contributed by atoms with E-state index in [1.54, 1.807) is 0 Å². The van der Waals surface area contributed by atoms with E-state index in [0.29, 0.717) is 12.1 Å². The normalized spacial score (nSPS) is 18.0. The summed E-state index contributed by atoms with van der Waals surface area (Å²) >= 11 is 0. The van der Waals surface area contributed by atoms with Crippen molar-refractivity contribution < 1.29 is 26.8 Å². The number of anilines is 1. The molecule has 3 aromatic rings. The number of halogens is 2. The second-order valence-corrected chi connectivity index (χ2v) is 11.5. The molecule has 1 aliphatic carbocycles. The summed E-state index contributed by atoms with van der Waals surface area (Å²) in [6, 6.07) is 4.12. The molecule has 2 aliphatic rings. The van der Waals surface area contributed by atoms with E-state index in [9.17, 15) is 26.8 Å². The molecule has 5 rings (SSSR count). The number of imide groups is 1. The molecule has 13 heteroatoms. The van der Waals surface area contributed by atoms with Crippen LogP contribution in [0.5, 0.6) is 0 Å². The van der Waals surface area contributed by atoms with Crippen molar-refractivity contribution in [3.05, 3.63) is 77.6 Å². The van der Waals surface area contributed by atoms with E-state index in [0.717, 1.165) is 40.6 Å². The fourth-order valence-corrected chi connectivity index (χ4v) is 6.65. The van der Waals surface area contributed by atoms with Crippen LogP contribution in [-0.4, -0.2) is 52.1 Å². The third-order valence-corrected chi connectivity index (χ3v) is 9.13. The van der Waals surface area contributed by atoms with Crippen molar-refractivity contribution in [3.8, 4) is 6.07 Å². The number of pyridine rings is 1. The molecule has 3 heterocycles. The first-order valence-electron chi connectivity index (χ1n) is 12.7. The Kier molecular flexibility index (Phi) is 7.64. The summed E-state index contributed by atoms with van der Waals surface area (Å²) in [6.45, 7) is -0.103. The van der Waals surface area contributed by atoms with Crippen LogP contribution in [0.25, 0.3) is 0 Å². The van der Waals surface area contributed by atoms with Gasteiger partial charge in [-0.2, -0.15) is 9.57 Å². The number of aromatic nitrogens is 3. The number of hydrogen-bond donors (Lipinski definition) is 0. The van der Waals surface area contributed by atoms with Crippen molar-refractivity contribution in [2.24, 2.45) is 0 Å². The second-order valence-electron chi connectivity index (χ2n) is 9.64. The van der Waals surface area contributed by atoms with E-state index < -0.39 is 50.0 Å². The standard InChI is InChI=1S/C27H24F2N6O4S/c28-21-13-20(12-18(14-30)25(21)29)40(38,39)34-11-8-24(34)27(37)35(19-6-9-31-10-7-19)26(36)23-16-32-22(15-33-23)17-4-2-1-3-5-17/h6-7,9-10,12-13,15-17,24H,1-5,8,11H2/t24-/m1/s1. The maximum atomic E-state index is 14.0. The van der Waals surface area contributed by atoms with E-state index in [1.165, 1.54) is 49.4 Å². The maximum Gasteiger partial charge on any atom is 0.285 e. The third kappa shape index (κ3) is 5.07. The predicted octanol–water partition coefficient (Wildman–Crippen LogP) is 3.71. The lowest BCUT2D eigenvalue weighted by Gasteiger charge is -2.40. The molecule has 1 aliphatic heterocycles. The van der Waals surface area contributed by atoms with Crippen LogP contribution in [0.1, 0.15) is 66.2 Å². The minimum absolute atomic E-state index is 0.0774. The van der Waals surface area contributed by atoms with Gasteiger partial charge in [-0.1, -0.05) is 19.3 Å². The van der Waals surface area contributed by atoms with Gasteiger partial charge in [0.15, 0.2) is 11.6 Å². The molecule has 1 saturated heterocycles. The van der Waals surface area contributed by atoms with Gasteiger partial charge < -0.3 is 0 Å². The summed E-state index contributed by atoms with van der Waals surface area (Å²) < 4.78 is 55.2. The molecule has 2 amide bonds. The van der Waals surface area contributed by atoms with Gasteiger partial charge in [-0.15, -0.1) is 0 Å². The zero-order chi connectivity index (χ0) is 28.4. The van der Waals surface area contributed by atoms with E-state index >= 15 is 0 Å². The van der Waals surface area contributed by atoms with Crippen molar-refractivity contribution in [3.63, 3.8) is 0 Å². The Morgan fingerprint density at radius 2 is 1.75 bits per heavy atom. The molecular weight excluding hydrogens is 542 g/mol. The lowest BCUT2D eigenvalue weighted by molar-refractivity contribution is -0.124. The van der Waals surface area contributed by atoms with Gasteiger partial charge in [0.25, 0.3) is 11.8 Å². The van der Waals surface area contributed by atoms with Crippen LogP contribution in [0.4, 0.5) is 14.5 Å². The number of carbonyl (C=O) groups excluding carboxylic acids is 2. The largest absolute Gasteiger partial charge is 0.285 e. The summed E-state index contributed by atoms with van der Waals surface area (Å²) in [5, 5.41) is 9.06. The van der Waals surface area contributed by atoms with Crippen molar-refractivity contribution in [1.29, 1.82) is 5.26 Å². The number of carbonyl (C=O) groups is 2. The molecule has 2 aromatic heterocycles. The van der Waals surface area contributed by atoms with Crippen LogP contribution < -0.4 is 4.90 Å². The van der Waals surface area contributed by atoms with Crippen LogP contribution in [-0.2, 0) is 14.8 Å². The molecule has 1 saturated carbocycles. The molecule has 1 aromatic carbocycles. The van der Waals surface area contributed by atoms with Gasteiger partial charge >= 0.3 is 0 Å². The first-order valence-corrected chi connectivity index (χ1v) is 14.2. The molecule has 0 N–H and O–H groups in total. The quantitative estimate of drug-likeness (QED) is 0.412. The van der Waals surface area contributed by atoms with E-state index in [-0.39, 0.29) is 30.3 Å². The number of rotatable bonds is 6. The van der Waals surface area contributed by atoms with E-state index in [4.69, 9.17) is 5.26 Å². The Hall–Kier alpha value is -4.15. The summed E-state index contributed by atoms with van der Waals surface area (Å²) in [6.07, 6.45) is 11.0. The molecule has 0 radical (unpaired) electrons. The second kappa shape index (κ2) is 11.1. The lowest BCUT2D eigenvalue weighted by Crippen LogP contribution is -2.60. The summed E-state index contributed by atoms with van der Waals surface area (Å²) in [4.78, 5) is 40.1. The van der Waals surface area contributed by atoms with Crippen molar-refractivity contribution in [2.45, 2.75) is 55.4 Å². The lowest BCUT2D eigenvalue weighted by atomic mass is 9.87. The minimum Gasteiger partial charge on any atom is -0.272 e. The minimum atomic E-state index is -4.52. The van der Waals surface area contributed by atoms with Crippen molar-refractivity contribution in [1.82, 2.24) is 19.3 Å². The zero-order valence-corrected chi connectivity index (χ0v) is 22.0. The van der Waals surface area contributed by atoms with Gasteiger partial charge in [-0.05, 0) is 43.5 Å². The Balaban J connectivity index is 1.44. The van der Waals surface area contributed by atoms with Crippen molar-refractivity contribution in [2.75, 3.05) is 11.4 Å². The molecule has 40 heavy (non-hydrogen) atoms. The SMILES string of the molecule is N#Cc1cc(S(=O)(=O)N2CC[C@@H]2C(=O)N(C(=O)c2cnc(C3CCCCC3)cn2)c2ccncc2)cc(F)c1F. The Labute approximate surface area is 229 Å². The number of nitrogens with zero attached hydrogens (tertiary/aromatic N) is 6. The molecule has 206 valence electrons. The van der Waals surface area contributed by atoms with Gasteiger partial charge in [0.1, 0.15) is 17.8 Å². The van der Waals surface area contributed by atoms with Crippen LogP contribution in [0.15, 0.2) is 53.9 Å². The van der Waals surface area contributed by atoms with Gasteiger partial charge in [0.05, 0.1) is 28.0 Å². The first-order chi connectivity index (χ1) is 19.2. The van der Waals surface area contributed by atoms with Gasteiger partial charge in [-0.25, -0.2) is 27.1 Å². The van der Waals surface area contributed by atoms with E-state index in [1.807, 2.05) is 0 Å². The monoisotopic (exact) mass is 566 g/mol. The average molecular weight is 567 g/mol. The Morgan fingerprint density at radius 3 is 2.35 bits per heavy atom. The number of sulfonamides is 1. The average Bonchev–Trinajstić information content (AvgIpc) is 2.94. The Morgan fingerprint density at radius 1 is 1.02 bits per heavy atom. The number of nitriles is 1. The number of amides is 2. The highest BCUT2D eigenvalue weighted by Crippen LogP contribution is 2.33. The first kappa shape index (κ1) is 27.4. The molecule has 1 atom stereocenters. The van der Waals surface area contributed by atoms with Gasteiger partial charge in [-0.3, -0.25) is 19.6 Å². The van der Waals surface area contributed by atoms with Crippen LogP contribution >= 0.6 is 0 Å². The van der Waals surface area contributed by atoms with Crippen LogP contribution in [0.3, 0.4) is 0 Å². The summed E-state index contributed by atoms with van der Waals surface area (Å²) in [7, 11) is -4.52. The van der Waals surface area contributed by atoms with Gasteiger partial charge in [0.2, 0.25) is 10.0 Å². The summed E-state index contributed by atoms with van der Waals surface area (Å²) in [5.41, 5.74) is 0.0353. The predicted molar refractivity (Wildman–Crippen MR) is 137 cm³/mol. The van der Waals surface area contributed by atoms with Crippen LogP contribution in [0, 0.1) is 23.0 Å².